The van der Waals surface area contributed by atoms with Crippen molar-refractivity contribution in [2.45, 2.75) is 219 Å². The van der Waals surface area contributed by atoms with Crippen molar-refractivity contribution >= 4 is 39.5 Å². The minimum atomic E-state index is -2.52. The maximum atomic E-state index is 15.6. The molecule has 20 rings (SSSR count). The van der Waals surface area contributed by atoms with Gasteiger partial charge in [0.1, 0.15) is 35.3 Å². The second-order valence-corrected chi connectivity index (χ2v) is 32.5. The van der Waals surface area contributed by atoms with Crippen molar-refractivity contribution in [1.82, 2.24) is 19.9 Å². The van der Waals surface area contributed by atoms with Crippen molar-refractivity contribution in [2.75, 3.05) is 11.9 Å². The van der Waals surface area contributed by atoms with E-state index in [0.29, 0.717) is 90.4 Å². The number of carbonyl (C=O) groups excluding carboxylic acids is 3. The van der Waals surface area contributed by atoms with E-state index in [1.54, 1.807) is 37.4 Å². The highest BCUT2D eigenvalue weighted by Crippen LogP contribution is 2.77. The summed E-state index contributed by atoms with van der Waals surface area (Å²) in [6.07, 6.45) is 14.4. The molecule has 95 heavy (non-hydrogen) atoms. The molecule has 14 atom stereocenters. The smallest absolute Gasteiger partial charge is 0.261 e. The molecule has 18 heteroatoms. The van der Waals surface area contributed by atoms with E-state index in [2.05, 4.69) is 33.5 Å². The van der Waals surface area contributed by atoms with Gasteiger partial charge in [0.25, 0.3) is 5.79 Å². The number of phenolic OH excluding ortho intramolecular Hbond substituents is 1. The van der Waals surface area contributed by atoms with Crippen molar-refractivity contribution in [3.8, 4) is 11.5 Å². The zero-order valence-electron chi connectivity index (χ0n) is 53.9. The van der Waals surface area contributed by atoms with Crippen LogP contribution < -0.4 is 21.5 Å². The molecule has 3 aromatic heterocycles. The normalized spacial score (nSPS) is 37.3. The molecular formula is C77H85N7O11. The number of anilines is 1. The first kappa shape index (κ1) is 59.4. The summed E-state index contributed by atoms with van der Waals surface area (Å²) in [6, 6.07) is 16.8. The van der Waals surface area contributed by atoms with Crippen LogP contribution in [0.25, 0.3) is 16.3 Å². The van der Waals surface area contributed by atoms with Crippen LogP contribution in [0.1, 0.15) is 230 Å². The number of aromatic nitrogens is 4. The molecule has 7 fully saturated rings. The topological polar surface area (TPSA) is 312 Å². The molecule has 0 radical (unpaired) electrons. The molecule has 1 saturated heterocycles. The molecular weight excluding hydrogens is 1200 g/mol. The van der Waals surface area contributed by atoms with Gasteiger partial charge in [0, 0.05) is 75.3 Å². The minimum Gasteiger partial charge on any atom is -0.507 e. The molecule has 6 aromatic rings. The number of aliphatic hydroxyl groups excluding tert-OH is 5. The van der Waals surface area contributed by atoms with Crippen LogP contribution in [0, 0.1) is 40.4 Å². The number of benzene rings is 3. The van der Waals surface area contributed by atoms with Gasteiger partial charge >= 0.3 is 0 Å². The monoisotopic (exact) mass is 1280 g/mol. The summed E-state index contributed by atoms with van der Waals surface area (Å²) in [5.41, 5.74) is 15.2. The number of phenols is 1. The molecule has 13 N–H and O–H groups in total. The van der Waals surface area contributed by atoms with Crippen molar-refractivity contribution in [2.24, 2.45) is 45.0 Å². The Hall–Kier alpha value is -6.87. The first-order valence-corrected chi connectivity index (χ1v) is 35.5. The number of nitrogens with two attached hydrogens (primary N) is 2. The fourth-order valence-corrected chi connectivity index (χ4v) is 24.1. The zero-order valence-corrected chi connectivity index (χ0v) is 53.9. The third-order valence-corrected chi connectivity index (χ3v) is 28.1. The van der Waals surface area contributed by atoms with Gasteiger partial charge in [0.2, 0.25) is 5.78 Å². The molecule has 0 unspecified atom stereocenters. The Labute approximate surface area is 550 Å². The average molecular weight is 1280 g/mol. The number of aryl methyl sites for hydroxylation is 1. The lowest BCUT2D eigenvalue weighted by Gasteiger charge is -2.64. The van der Waals surface area contributed by atoms with Crippen LogP contribution in [0.5, 0.6) is 11.5 Å². The van der Waals surface area contributed by atoms with Crippen LogP contribution in [0.4, 0.5) is 5.82 Å². The third-order valence-electron chi connectivity index (χ3n) is 28.1. The van der Waals surface area contributed by atoms with Crippen LogP contribution in [0.3, 0.4) is 0 Å². The number of ether oxygens (including phenoxy) is 2. The number of Topliss-reactive ketones (excluding diaryl/α,β-unsaturated/α-hetero) is 1. The number of rotatable bonds is 4. The number of hydrogen-bond acceptors (Lipinski definition) is 16. The number of H-pyrrole nitrogens is 2. The van der Waals surface area contributed by atoms with Gasteiger partial charge in [-0.2, -0.15) is 0 Å². The standard InChI is InChI=1S/C77H85N7O11/c1-38-24-47-55(51(86)25-38)61(89)57-52-28-45-44(56(57)60(47)88)14-23-80-68(45)81-34-54(87)75-36-71(17-6-7-18-71)32-49(75)46-29-53(74-19-3-2-8-41(74)30-73(63-64(74)83-37-82-63)20-13-43(85)27-42(73)26-39-9-11-40(12-10-39)67(78)79)84-59(46)48-31-76(94-52)65(91)62(90)66(92)77(95-76)58(48)50(75)33-72(69(77)93)22-21-70(35-72)15-4-5-16-70/h9-12,14,23-25,28-29,31,37,41-42,49,54,62,65-67,69,84,86-87,90-93H,2-8,13,15-22,26-27,30,32-36,78-79H2,1H3,(H,80,81)(H,82,83)/t41-,42-,49+,54-,62+,65+,66-,69+,72+,73+,74-,75-,76+,77-/m0/s1. The second kappa shape index (κ2) is 19.9. The summed E-state index contributed by atoms with van der Waals surface area (Å²) in [6.45, 7) is 1.72. The lowest BCUT2D eigenvalue weighted by atomic mass is 9.47. The number of imidazole rings is 1. The van der Waals surface area contributed by atoms with Gasteiger partial charge in [-0.05, 0) is 201 Å². The molecule has 14 aliphatic rings. The van der Waals surface area contributed by atoms with Crippen molar-refractivity contribution in [1.29, 1.82) is 0 Å². The molecule has 8 bridgehead atoms. The number of hydrogen-bond donors (Lipinski definition) is 11. The van der Waals surface area contributed by atoms with E-state index >= 15 is 9.59 Å². The summed E-state index contributed by atoms with van der Waals surface area (Å²) in [5, 5.41) is 85.3. The van der Waals surface area contributed by atoms with Crippen LogP contribution in [-0.4, -0.2) is 116 Å². The molecule has 0 amide bonds. The van der Waals surface area contributed by atoms with Crippen LogP contribution in [-0.2, 0) is 26.8 Å². The largest absolute Gasteiger partial charge is 0.507 e. The van der Waals surface area contributed by atoms with Crippen molar-refractivity contribution in [3.63, 3.8) is 0 Å². The molecule has 4 aliphatic heterocycles. The van der Waals surface area contributed by atoms with E-state index in [-0.39, 0.29) is 68.9 Å². The quantitative estimate of drug-likeness (QED) is 0.0731. The Morgan fingerprint density at radius 2 is 1.56 bits per heavy atom. The van der Waals surface area contributed by atoms with Crippen LogP contribution >= 0.6 is 0 Å². The van der Waals surface area contributed by atoms with E-state index in [4.69, 9.17) is 30.9 Å². The fourth-order valence-electron chi connectivity index (χ4n) is 24.1. The molecule has 7 spiro atoms. The molecule has 494 valence electrons. The summed E-state index contributed by atoms with van der Waals surface area (Å²) >= 11 is 0. The third kappa shape index (κ3) is 7.61. The van der Waals surface area contributed by atoms with Crippen LogP contribution in [0.15, 0.2) is 84.3 Å². The molecule has 10 aliphatic carbocycles. The maximum Gasteiger partial charge on any atom is 0.261 e. The number of ketones is 3. The number of aliphatic hydroxyl groups is 5. The van der Waals surface area contributed by atoms with Gasteiger partial charge in [-0.15, -0.1) is 0 Å². The average Bonchev–Trinajstić information content (AvgIpc) is 1.59. The van der Waals surface area contributed by atoms with E-state index in [9.17, 15) is 35.4 Å². The number of carbonyl (C=O) groups is 3. The van der Waals surface area contributed by atoms with Gasteiger partial charge in [-0.3, -0.25) is 14.4 Å². The first-order valence-electron chi connectivity index (χ1n) is 35.5. The van der Waals surface area contributed by atoms with E-state index in [1.165, 1.54) is 6.07 Å². The fraction of sp³-hybridized carbons (Fsp3) is 0.545. The zero-order chi connectivity index (χ0) is 64.9. The Kier molecular flexibility index (Phi) is 12.5. The summed E-state index contributed by atoms with van der Waals surface area (Å²) in [7, 11) is 0. The number of aromatic amines is 2. The van der Waals surface area contributed by atoms with Crippen LogP contribution in [0.2, 0.25) is 0 Å². The predicted octanol–water partition coefficient (Wildman–Crippen LogP) is 9.76. The summed E-state index contributed by atoms with van der Waals surface area (Å²) in [5.74, 6) is -4.16. The number of fused-ring (bicyclic) bond motifs is 11. The SMILES string of the molecule is Cc1cc(O)c2c(c1)C(=O)c1c(c3cc4c(nccc14)NC[C@H](O)[C@@]14CC5(CCCC5)C[C@@H]1c1cc([C@]56CCCC[C@H]5C[C@@]5(CCC(=O)C[C@@H]5Cc5ccc(C(N)N)cc5)c5nc[nH]c56)[nH]c1C1=C[C@@]5(O3)O[C@@]3(C1=C4C[C@@]1(CCC4(CCCC4)C1)[C@H]3O)[C@@H](O)[C@H](O)[C@H]5O)C2=O. The highest BCUT2D eigenvalue weighted by molar-refractivity contribution is 6.34. The van der Waals surface area contributed by atoms with Crippen molar-refractivity contribution < 1.29 is 54.5 Å². The minimum absolute atomic E-state index is 0.00759. The predicted molar refractivity (Wildman–Crippen MR) is 351 cm³/mol. The van der Waals surface area contributed by atoms with Gasteiger partial charge in [0.15, 0.2) is 17.5 Å². The Balaban J connectivity index is 0.884. The second-order valence-electron chi connectivity index (χ2n) is 32.5. The lowest BCUT2D eigenvalue weighted by molar-refractivity contribution is -0.366. The molecule has 3 aromatic carbocycles. The van der Waals surface area contributed by atoms with Crippen molar-refractivity contribution in [3.05, 3.63) is 152 Å². The van der Waals surface area contributed by atoms with Gasteiger partial charge in [0.05, 0.1) is 52.6 Å². The Morgan fingerprint density at radius 3 is 2.35 bits per heavy atom. The van der Waals surface area contributed by atoms with Gasteiger partial charge in [-0.25, -0.2) is 9.97 Å². The number of nitrogens with zero attached hydrogens (tertiary/aromatic N) is 2. The first-order chi connectivity index (χ1) is 45.7. The lowest BCUT2D eigenvalue weighted by Crippen LogP contribution is -2.79. The summed E-state index contributed by atoms with van der Waals surface area (Å²) in [4.78, 5) is 63.4. The highest BCUT2D eigenvalue weighted by atomic mass is 16.7. The van der Waals surface area contributed by atoms with Gasteiger partial charge in [-0.1, -0.05) is 68.4 Å². The highest BCUT2D eigenvalue weighted by Gasteiger charge is 2.77. The molecule has 7 heterocycles. The number of pyridine rings is 1. The molecule has 6 saturated carbocycles. The Morgan fingerprint density at radius 1 is 0.779 bits per heavy atom. The van der Waals surface area contributed by atoms with Gasteiger partial charge < -0.3 is 66.9 Å². The van der Waals surface area contributed by atoms with E-state index < -0.39 is 87.0 Å². The summed E-state index contributed by atoms with van der Waals surface area (Å²) < 4.78 is 15.2. The Bertz CT molecular complexity index is 4420. The molecule has 18 nitrogen and oxygen atoms in total. The van der Waals surface area contributed by atoms with E-state index in [1.807, 2.05) is 18.5 Å². The number of nitrogens with one attached hydrogen (secondary N) is 3. The maximum absolute atomic E-state index is 15.6. The van der Waals surface area contributed by atoms with E-state index in [0.717, 1.165) is 136 Å². The number of aromatic hydroxyl groups is 1.